The Balaban J connectivity index is 2.34. The number of ether oxygens (including phenoxy) is 1. The van der Waals surface area contributed by atoms with Crippen molar-refractivity contribution < 1.29 is 9.84 Å². The first kappa shape index (κ1) is 12.5. The third-order valence-electron chi connectivity index (χ3n) is 2.92. The van der Waals surface area contributed by atoms with Gasteiger partial charge in [0.25, 0.3) is 0 Å². The molecule has 0 radical (unpaired) electrons. The van der Waals surface area contributed by atoms with Crippen LogP contribution in [0.1, 0.15) is 24.5 Å². The summed E-state index contributed by atoms with van der Waals surface area (Å²) in [6.45, 7) is 4.10. The van der Waals surface area contributed by atoms with E-state index in [0.717, 1.165) is 35.5 Å². The molecule has 2 rings (SSSR count). The van der Waals surface area contributed by atoms with Crippen molar-refractivity contribution >= 4 is 0 Å². The molecule has 0 atom stereocenters. The normalized spacial score (nSPS) is 10.3. The average Bonchev–Trinajstić information content (AvgIpc) is 2.36. The second-order valence-corrected chi connectivity index (χ2v) is 4.37. The summed E-state index contributed by atoms with van der Waals surface area (Å²) in [6.07, 6.45) is 1.79. The number of para-hydroxylation sites is 1. The van der Waals surface area contributed by atoms with Crippen LogP contribution in [0.5, 0.6) is 17.2 Å². The van der Waals surface area contributed by atoms with Crippen LogP contribution in [0.25, 0.3) is 0 Å². The molecule has 2 heteroatoms. The Kier molecular flexibility index (Phi) is 3.88. The first-order chi connectivity index (χ1) is 8.72. The van der Waals surface area contributed by atoms with E-state index in [1.54, 1.807) is 6.07 Å². The lowest BCUT2D eigenvalue weighted by Crippen LogP contribution is -1.93. The van der Waals surface area contributed by atoms with Crippen LogP contribution in [0.15, 0.2) is 42.5 Å². The van der Waals surface area contributed by atoms with Gasteiger partial charge >= 0.3 is 0 Å². The van der Waals surface area contributed by atoms with Crippen molar-refractivity contribution in [1.82, 2.24) is 0 Å². The third kappa shape index (κ3) is 2.65. The molecule has 94 valence electrons. The molecule has 0 aliphatic carbocycles. The van der Waals surface area contributed by atoms with Crippen LogP contribution in [-0.4, -0.2) is 5.11 Å². The van der Waals surface area contributed by atoms with E-state index >= 15 is 0 Å². The summed E-state index contributed by atoms with van der Waals surface area (Å²) in [5.74, 6) is 1.88. The first-order valence-electron chi connectivity index (χ1n) is 6.26. The Labute approximate surface area is 108 Å². The highest BCUT2D eigenvalue weighted by Crippen LogP contribution is 2.33. The predicted molar refractivity (Wildman–Crippen MR) is 73.4 cm³/mol. The van der Waals surface area contributed by atoms with Crippen molar-refractivity contribution in [2.24, 2.45) is 0 Å². The molecule has 18 heavy (non-hydrogen) atoms. The van der Waals surface area contributed by atoms with Crippen LogP contribution < -0.4 is 4.74 Å². The summed E-state index contributed by atoms with van der Waals surface area (Å²) < 4.78 is 5.91. The van der Waals surface area contributed by atoms with E-state index in [0.29, 0.717) is 5.75 Å². The lowest BCUT2D eigenvalue weighted by atomic mass is 10.1. The van der Waals surface area contributed by atoms with Crippen LogP contribution in [0.2, 0.25) is 0 Å². The van der Waals surface area contributed by atoms with Gasteiger partial charge in [-0.3, -0.25) is 0 Å². The Morgan fingerprint density at radius 1 is 1.00 bits per heavy atom. The molecular weight excluding hydrogens is 224 g/mol. The van der Waals surface area contributed by atoms with Gasteiger partial charge < -0.3 is 9.84 Å². The van der Waals surface area contributed by atoms with Gasteiger partial charge in [0.1, 0.15) is 17.2 Å². The Morgan fingerprint density at radius 2 is 1.72 bits per heavy atom. The van der Waals surface area contributed by atoms with Crippen molar-refractivity contribution in [3.63, 3.8) is 0 Å². The molecule has 0 saturated carbocycles. The van der Waals surface area contributed by atoms with E-state index in [9.17, 15) is 5.11 Å². The standard InChI is InChI=1S/C16H18O2/c1-3-7-13-14(17)9-6-11-16(13)18-15-10-5-4-8-12(15)2/h4-6,8-11,17H,3,7H2,1-2H3. The zero-order chi connectivity index (χ0) is 13.0. The van der Waals surface area contributed by atoms with E-state index in [4.69, 9.17) is 4.74 Å². The summed E-state index contributed by atoms with van der Waals surface area (Å²) in [5, 5.41) is 9.89. The number of aryl methyl sites for hydroxylation is 1. The third-order valence-corrected chi connectivity index (χ3v) is 2.92. The smallest absolute Gasteiger partial charge is 0.134 e. The molecule has 1 N–H and O–H groups in total. The van der Waals surface area contributed by atoms with Crippen LogP contribution in [0, 0.1) is 6.92 Å². The predicted octanol–water partition coefficient (Wildman–Crippen LogP) is 4.45. The second kappa shape index (κ2) is 5.58. The fourth-order valence-corrected chi connectivity index (χ4v) is 1.94. The highest BCUT2D eigenvalue weighted by atomic mass is 16.5. The average molecular weight is 242 g/mol. The molecule has 0 fully saturated rings. The number of hydrogen-bond donors (Lipinski definition) is 1. The molecule has 2 aromatic carbocycles. The molecule has 0 saturated heterocycles. The summed E-state index contributed by atoms with van der Waals surface area (Å²) >= 11 is 0. The van der Waals surface area contributed by atoms with Gasteiger partial charge in [0, 0.05) is 5.56 Å². The summed E-state index contributed by atoms with van der Waals surface area (Å²) in [5.41, 5.74) is 1.96. The number of phenolic OH excluding ortho intramolecular Hbond substituents is 1. The molecule has 0 aliphatic heterocycles. The Morgan fingerprint density at radius 3 is 2.44 bits per heavy atom. The van der Waals surface area contributed by atoms with Crippen LogP contribution >= 0.6 is 0 Å². The molecule has 0 bridgehead atoms. The van der Waals surface area contributed by atoms with Crippen molar-refractivity contribution in [2.45, 2.75) is 26.7 Å². The Hall–Kier alpha value is -1.96. The topological polar surface area (TPSA) is 29.5 Å². The zero-order valence-corrected chi connectivity index (χ0v) is 10.8. The van der Waals surface area contributed by atoms with Gasteiger partial charge in [-0.25, -0.2) is 0 Å². The van der Waals surface area contributed by atoms with E-state index in [-0.39, 0.29) is 0 Å². The maximum absolute atomic E-state index is 9.89. The number of aromatic hydroxyl groups is 1. The fraction of sp³-hybridized carbons (Fsp3) is 0.250. The highest BCUT2D eigenvalue weighted by Gasteiger charge is 2.09. The summed E-state index contributed by atoms with van der Waals surface area (Å²) in [6, 6.07) is 13.3. The van der Waals surface area contributed by atoms with Crippen molar-refractivity contribution in [3.8, 4) is 17.2 Å². The van der Waals surface area contributed by atoms with Crippen LogP contribution in [-0.2, 0) is 6.42 Å². The maximum atomic E-state index is 9.89. The second-order valence-electron chi connectivity index (χ2n) is 4.37. The number of benzene rings is 2. The van der Waals surface area contributed by atoms with Gasteiger partial charge in [0.15, 0.2) is 0 Å². The molecule has 0 amide bonds. The van der Waals surface area contributed by atoms with Gasteiger partial charge in [0.05, 0.1) is 0 Å². The summed E-state index contributed by atoms with van der Waals surface area (Å²) in [4.78, 5) is 0. The van der Waals surface area contributed by atoms with Crippen LogP contribution in [0.4, 0.5) is 0 Å². The zero-order valence-electron chi connectivity index (χ0n) is 10.8. The minimum atomic E-state index is 0.308. The number of phenols is 1. The van der Waals surface area contributed by atoms with Gasteiger partial charge in [-0.05, 0) is 37.1 Å². The summed E-state index contributed by atoms with van der Waals surface area (Å²) in [7, 11) is 0. The lowest BCUT2D eigenvalue weighted by Gasteiger charge is -2.13. The number of hydrogen-bond acceptors (Lipinski definition) is 2. The lowest BCUT2D eigenvalue weighted by molar-refractivity contribution is 0.441. The van der Waals surface area contributed by atoms with Crippen molar-refractivity contribution in [2.75, 3.05) is 0 Å². The molecule has 0 unspecified atom stereocenters. The first-order valence-corrected chi connectivity index (χ1v) is 6.26. The monoisotopic (exact) mass is 242 g/mol. The van der Waals surface area contributed by atoms with Gasteiger partial charge in [-0.1, -0.05) is 37.6 Å². The van der Waals surface area contributed by atoms with Crippen molar-refractivity contribution in [1.29, 1.82) is 0 Å². The highest BCUT2D eigenvalue weighted by molar-refractivity contribution is 5.47. The van der Waals surface area contributed by atoms with Gasteiger partial charge in [0.2, 0.25) is 0 Å². The molecule has 0 aromatic heterocycles. The minimum absolute atomic E-state index is 0.308. The van der Waals surface area contributed by atoms with Gasteiger partial charge in [-0.2, -0.15) is 0 Å². The van der Waals surface area contributed by atoms with Crippen molar-refractivity contribution in [3.05, 3.63) is 53.6 Å². The van der Waals surface area contributed by atoms with E-state index in [1.807, 2.05) is 43.3 Å². The largest absolute Gasteiger partial charge is 0.508 e. The van der Waals surface area contributed by atoms with E-state index in [2.05, 4.69) is 6.92 Å². The minimum Gasteiger partial charge on any atom is -0.508 e. The quantitative estimate of drug-likeness (QED) is 0.858. The molecule has 2 nitrogen and oxygen atoms in total. The maximum Gasteiger partial charge on any atom is 0.134 e. The van der Waals surface area contributed by atoms with E-state index in [1.165, 1.54) is 0 Å². The molecule has 0 spiro atoms. The van der Waals surface area contributed by atoms with Gasteiger partial charge in [-0.15, -0.1) is 0 Å². The molecular formula is C16H18O2. The SMILES string of the molecule is CCCc1c(O)cccc1Oc1ccccc1C. The molecule has 2 aromatic rings. The fourth-order valence-electron chi connectivity index (χ4n) is 1.94. The molecule has 0 heterocycles. The van der Waals surface area contributed by atoms with E-state index < -0.39 is 0 Å². The molecule has 0 aliphatic rings. The van der Waals surface area contributed by atoms with Crippen LogP contribution in [0.3, 0.4) is 0 Å². The Bertz CT molecular complexity index is 532. The number of rotatable bonds is 4.